The number of hydrogen-bond acceptors (Lipinski definition) is 2. The van der Waals surface area contributed by atoms with Gasteiger partial charge < -0.3 is 11.1 Å². The SMILES string of the molecule is CCCCC(CN)NC=O. The minimum absolute atomic E-state index is 0.178. The van der Waals surface area contributed by atoms with Crippen molar-refractivity contribution in [1.82, 2.24) is 5.32 Å². The van der Waals surface area contributed by atoms with Crippen LogP contribution in [0.1, 0.15) is 26.2 Å². The van der Waals surface area contributed by atoms with Gasteiger partial charge in [0.05, 0.1) is 0 Å². The molecule has 0 aromatic carbocycles. The standard InChI is InChI=1S/C7H16N2O/c1-2-3-4-7(5-8)9-6-10/h6-7H,2-5,8H2,1H3,(H,9,10). The minimum atomic E-state index is 0.178. The Morgan fingerprint density at radius 3 is 2.80 bits per heavy atom. The number of carbonyl (C=O) groups is 1. The highest BCUT2D eigenvalue weighted by Crippen LogP contribution is 1.97. The summed E-state index contributed by atoms with van der Waals surface area (Å²) < 4.78 is 0. The molecule has 0 spiro atoms. The molecule has 60 valence electrons. The largest absolute Gasteiger partial charge is 0.355 e. The summed E-state index contributed by atoms with van der Waals surface area (Å²) in [7, 11) is 0. The highest BCUT2D eigenvalue weighted by atomic mass is 16.1. The van der Waals surface area contributed by atoms with Crippen LogP contribution < -0.4 is 11.1 Å². The Morgan fingerprint density at radius 2 is 2.40 bits per heavy atom. The summed E-state index contributed by atoms with van der Waals surface area (Å²) in [5.74, 6) is 0. The molecule has 1 unspecified atom stereocenters. The monoisotopic (exact) mass is 144 g/mol. The van der Waals surface area contributed by atoms with Crippen LogP contribution in [0.15, 0.2) is 0 Å². The Bertz CT molecular complexity index is 85.7. The van der Waals surface area contributed by atoms with Crippen LogP contribution in [0, 0.1) is 0 Å². The smallest absolute Gasteiger partial charge is 0.207 e. The van der Waals surface area contributed by atoms with Gasteiger partial charge in [-0.25, -0.2) is 0 Å². The van der Waals surface area contributed by atoms with E-state index in [0.717, 1.165) is 19.3 Å². The first-order valence-electron chi connectivity index (χ1n) is 3.74. The van der Waals surface area contributed by atoms with Crippen molar-refractivity contribution in [2.75, 3.05) is 6.54 Å². The molecule has 0 heterocycles. The topological polar surface area (TPSA) is 55.1 Å². The normalized spacial score (nSPS) is 12.6. The number of rotatable bonds is 6. The van der Waals surface area contributed by atoms with Crippen LogP contribution in [-0.2, 0) is 4.79 Å². The van der Waals surface area contributed by atoms with E-state index in [1.807, 2.05) is 0 Å². The lowest BCUT2D eigenvalue weighted by atomic mass is 10.1. The Labute approximate surface area is 62.0 Å². The molecule has 0 aliphatic rings. The lowest BCUT2D eigenvalue weighted by Crippen LogP contribution is -2.34. The predicted molar refractivity (Wildman–Crippen MR) is 41.6 cm³/mol. The molecule has 3 N–H and O–H groups in total. The highest BCUT2D eigenvalue weighted by Gasteiger charge is 2.01. The maximum atomic E-state index is 9.97. The second-order valence-corrected chi connectivity index (χ2v) is 2.36. The summed E-state index contributed by atoms with van der Waals surface area (Å²) in [5, 5.41) is 2.66. The Balaban J connectivity index is 3.29. The number of nitrogens with two attached hydrogens (primary N) is 1. The molecule has 0 saturated heterocycles. The van der Waals surface area contributed by atoms with E-state index in [1.165, 1.54) is 0 Å². The fourth-order valence-electron chi connectivity index (χ4n) is 0.816. The third-order valence-corrected chi connectivity index (χ3v) is 1.49. The molecule has 10 heavy (non-hydrogen) atoms. The van der Waals surface area contributed by atoms with Crippen molar-refractivity contribution in [2.45, 2.75) is 32.2 Å². The third kappa shape index (κ3) is 4.32. The van der Waals surface area contributed by atoms with Gasteiger partial charge in [0, 0.05) is 12.6 Å². The molecule has 1 atom stereocenters. The summed E-state index contributed by atoms with van der Waals surface area (Å²) in [4.78, 5) is 9.97. The molecule has 3 heteroatoms. The summed E-state index contributed by atoms with van der Waals surface area (Å²) in [6, 6.07) is 0.178. The molecule has 0 fully saturated rings. The fourth-order valence-corrected chi connectivity index (χ4v) is 0.816. The molecular weight excluding hydrogens is 128 g/mol. The molecule has 0 aliphatic carbocycles. The van der Waals surface area contributed by atoms with Crippen LogP contribution in [0.4, 0.5) is 0 Å². The first-order valence-corrected chi connectivity index (χ1v) is 3.74. The van der Waals surface area contributed by atoms with Crippen LogP contribution in [0.25, 0.3) is 0 Å². The number of unbranched alkanes of at least 4 members (excludes halogenated alkanes) is 1. The number of nitrogens with one attached hydrogen (secondary N) is 1. The zero-order valence-corrected chi connectivity index (χ0v) is 6.47. The average Bonchev–Trinajstić information content (AvgIpc) is 1.98. The average molecular weight is 144 g/mol. The maximum Gasteiger partial charge on any atom is 0.207 e. The van der Waals surface area contributed by atoms with Crippen LogP contribution in [0.3, 0.4) is 0 Å². The van der Waals surface area contributed by atoms with Crippen LogP contribution >= 0.6 is 0 Å². The lowest BCUT2D eigenvalue weighted by molar-refractivity contribution is -0.110. The number of hydrogen-bond donors (Lipinski definition) is 2. The van der Waals surface area contributed by atoms with E-state index in [-0.39, 0.29) is 6.04 Å². The molecule has 3 nitrogen and oxygen atoms in total. The Morgan fingerprint density at radius 1 is 1.70 bits per heavy atom. The summed E-state index contributed by atoms with van der Waals surface area (Å²) >= 11 is 0. The van der Waals surface area contributed by atoms with Crippen molar-refractivity contribution in [2.24, 2.45) is 5.73 Å². The highest BCUT2D eigenvalue weighted by molar-refractivity contribution is 5.46. The van der Waals surface area contributed by atoms with Gasteiger partial charge in [-0.15, -0.1) is 0 Å². The van der Waals surface area contributed by atoms with Gasteiger partial charge >= 0.3 is 0 Å². The molecule has 0 bridgehead atoms. The molecule has 1 amide bonds. The predicted octanol–water partition coefficient (Wildman–Crippen LogP) is 0.250. The summed E-state index contributed by atoms with van der Waals surface area (Å²) in [6.45, 7) is 2.66. The van der Waals surface area contributed by atoms with Gasteiger partial charge in [0.1, 0.15) is 0 Å². The van der Waals surface area contributed by atoms with Gasteiger partial charge in [0.2, 0.25) is 6.41 Å². The van der Waals surface area contributed by atoms with Crippen molar-refractivity contribution < 1.29 is 4.79 Å². The molecule has 0 aromatic heterocycles. The van der Waals surface area contributed by atoms with Crippen molar-refractivity contribution >= 4 is 6.41 Å². The van der Waals surface area contributed by atoms with E-state index in [4.69, 9.17) is 5.73 Å². The summed E-state index contributed by atoms with van der Waals surface area (Å²) in [5.41, 5.74) is 5.38. The van der Waals surface area contributed by atoms with E-state index in [9.17, 15) is 4.79 Å². The van der Waals surface area contributed by atoms with Crippen LogP contribution in [0.2, 0.25) is 0 Å². The van der Waals surface area contributed by atoms with Crippen molar-refractivity contribution in [3.8, 4) is 0 Å². The second kappa shape index (κ2) is 6.55. The van der Waals surface area contributed by atoms with Gasteiger partial charge in [-0.2, -0.15) is 0 Å². The van der Waals surface area contributed by atoms with Gasteiger partial charge in [0.25, 0.3) is 0 Å². The third-order valence-electron chi connectivity index (χ3n) is 1.49. The second-order valence-electron chi connectivity index (χ2n) is 2.36. The number of carbonyl (C=O) groups excluding carboxylic acids is 1. The molecule has 0 radical (unpaired) electrons. The van der Waals surface area contributed by atoms with Crippen LogP contribution in [0.5, 0.6) is 0 Å². The minimum Gasteiger partial charge on any atom is -0.355 e. The molecule has 0 aliphatic heterocycles. The van der Waals surface area contributed by atoms with E-state index in [0.29, 0.717) is 13.0 Å². The summed E-state index contributed by atoms with van der Waals surface area (Å²) in [6.07, 6.45) is 3.98. The van der Waals surface area contributed by atoms with Gasteiger partial charge in [-0.05, 0) is 6.42 Å². The maximum absolute atomic E-state index is 9.97. The molecule has 0 saturated carbocycles. The van der Waals surface area contributed by atoms with Crippen molar-refractivity contribution in [1.29, 1.82) is 0 Å². The fraction of sp³-hybridized carbons (Fsp3) is 0.857. The van der Waals surface area contributed by atoms with Gasteiger partial charge in [-0.3, -0.25) is 4.79 Å². The van der Waals surface area contributed by atoms with E-state index in [2.05, 4.69) is 12.2 Å². The quantitative estimate of drug-likeness (QED) is 0.525. The van der Waals surface area contributed by atoms with Crippen LogP contribution in [-0.4, -0.2) is 19.0 Å². The van der Waals surface area contributed by atoms with Crippen molar-refractivity contribution in [3.05, 3.63) is 0 Å². The molecular formula is C7H16N2O. The van der Waals surface area contributed by atoms with E-state index in [1.54, 1.807) is 0 Å². The van der Waals surface area contributed by atoms with E-state index < -0.39 is 0 Å². The zero-order chi connectivity index (χ0) is 7.82. The van der Waals surface area contributed by atoms with Gasteiger partial charge in [-0.1, -0.05) is 19.8 Å². The first kappa shape index (κ1) is 9.43. The Hall–Kier alpha value is -0.570. The van der Waals surface area contributed by atoms with E-state index >= 15 is 0 Å². The van der Waals surface area contributed by atoms with Gasteiger partial charge in [0.15, 0.2) is 0 Å². The Kier molecular flexibility index (Phi) is 6.18. The lowest BCUT2D eigenvalue weighted by Gasteiger charge is -2.11. The number of amides is 1. The molecule has 0 rings (SSSR count). The zero-order valence-electron chi connectivity index (χ0n) is 6.47. The van der Waals surface area contributed by atoms with Crippen molar-refractivity contribution in [3.63, 3.8) is 0 Å². The molecule has 0 aromatic rings. The first-order chi connectivity index (χ1) is 4.85.